The maximum absolute atomic E-state index is 14.4. The van der Waals surface area contributed by atoms with E-state index in [4.69, 9.17) is 34.2 Å². The van der Waals surface area contributed by atoms with E-state index in [1.807, 2.05) is 39.8 Å². The average Bonchev–Trinajstić information content (AvgIpc) is 3.22. The van der Waals surface area contributed by atoms with Gasteiger partial charge < -0.3 is 49.3 Å². The van der Waals surface area contributed by atoms with Gasteiger partial charge in [-0.05, 0) is 95.5 Å². The van der Waals surface area contributed by atoms with Crippen LogP contribution in [-0.4, -0.2) is 134 Å². The molecule has 15 nitrogen and oxygen atoms in total. The number of hydrogen-bond acceptors (Lipinski definition) is 13. The van der Waals surface area contributed by atoms with E-state index in [2.05, 4.69) is 0 Å². The van der Waals surface area contributed by atoms with Crippen molar-refractivity contribution in [1.29, 1.82) is 0 Å². The Labute approximate surface area is 356 Å². The monoisotopic (exact) mass is 849 g/mol. The van der Waals surface area contributed by atoms with Gasteiger partial charge in [-0.15, -0.1) is 0 Å². The number of nitrogens with zero attached hydrogens (tertiary/aromatic N) is 1. The number of Topliss-reactive ketones (excluding diaryl/α,β-unsaturated/α-hetero) is 2. The van der Waals surface area contributed by atoms with E-state index in [0.29, 0.717) is 56.9 Å². The van der Waals surface area contributed by atoms with Gasteiger partial charge in [0.05, 0.1) is 30.5 Å². The van der Waals surface area contributed by atoms with Crippen LogP contribution in [0.2, 0.25) is 0 Å². The molecule has 2 bridgehead atoms. The Bertz CT molecular complexity index is 1570. The molecule has 14 atom stereocenters. The molecule has 2 saturated heterocycles. The first-order valence-corrected chi connectivity index (χ1v) is 21.9. The number of carbonyl (C=O) groups is 5. The number of carbonyl (C=O) groups excluding carboxylic acids is 5. The van der Waals surface area contributed by atoms with Crippen LogP contribution >= 0.6 is 0 Å². The molecule has 0 aromatic rings. The molecule has 2 amide bonds. The van der Waals surface area contributed by atoms with Gasteiger partial charge in [0.1, 0.15) is 30.6 Å². The number of aliphatic hydroxyl groups excluding tert-OH is 1. The zero-order valence-electron chi connectivity index (χ0n) is 37.3. The highest BCUT2D eigenvalue weighted by atomic mass is 16.7. The molecular formula is C45H72N2O13. The number of fused-ring (bicyclic) bond motifs is 3. The van der Waals surface area contributed by atoms with Gasteiger partial charge in [0.2, 0.25) is 11.7 Å². The molecular weight excluding hydrogens is 776 g/mol. The fourth-order valence-corrected chi connectivity index (χ4v) is 9.75. The number of primary amides is 1. The zero-order chi connectivity index (χ0) is 44.5. The van der Waals surface area contributed by atoms with E-state index in [1.54, 1.807) is 21.0 Å². The number of piperidine rings is 1. The SMILES string of the molecule is CCC1C=C(C)CC(C)CC(OC)C2OC(O)(C(=O)C(=O)N3CCCCC3C(=O)OC(C(C)=CC3CCC(OCC(N)=O)C(OC)C3)C(C)C(O)CC1=O)C(C)CC2OC. The van der Waals surface area contributed by atoms with Crippen LogP contribution < -0.4 is 5.73 Å². The van der Waals surface area contributed by atoms with Crippen molar-refractivity contribution < 1.29 is 62.6 Å². The van der Waals surface area contributed by atoms with Gasteiger partial charge in [-0.2, -0.15) is 0 Å². The summed E-state index contributed by atoms with van der Waals surface area (Å²) in [7, 11) is 4.63. The van der Waals surface area contributed by atoms with Gasteiger partial charge >= 0.3 is 5.97 Å². The Morgan fingerprint density at radius 3 is 2.25 bits per heavy atom. The Morgan fingerprint density at radius 1 is 0.950 bits per heavy atom. The highest BCUT2D eigenvalue weighted by Gasteiger charge is 2.56. The predicted octanol–water partition coefficient (Wildman–Crippen LogP) is 3.98. The molecule has 3 heterocycles. The fraction of sp³-hybridized carbons (Fsp3) is 0.800. The number of cyclic esters (lactones) is 1. The van der Waals surface area contributed by atoms with Gasteiger partial charge in [-0.3, -0.25) is 19.2 Å². The minimum atomic E-state index is -2.52. The van der Waals surface area contributed by atoms with Crippen LogP contribution in [0.1, 0.15) is 112 Å². The van der Waals surface area contributed by atoms with E-state index >= 15 is 0 Å². The maximum Gasteiger partial charge on any atom is 0.329 e. The second kappa shape index (κ2) is 22.3. The minimum Gasteiger partial charge on any atom is -0.456 e. The standard InChI is InChI=1S/C45H72N2O13/c1-10-31-18-25(2)17-26(3)19-37(56-8)41-38(57-9)21-28(5)45(54,60-41)42(51)43(52)47-16-12-11-13-32(47)44(53)59-40(29(6)33(48)23-34(31)49)27(4)20-30-14-15-35(36(22-30)55-7)58-24-39(46)50/h18,20,26,28-33,35-38,40-41,48,54H,10-17,19,21-24H2,1-9H3,(H2,46,50). The van der Waals surface area contributed by atoms with E-state index in [1.165, 1.54) is 19.1 Å². The summed E-state index contributed by atoms with van der Waals surface area (Å²) in [5.41, 5.74) is 6.93. The number of esters is 1. The first-order chi connectivity index (χ1) is 28.4. The molecule has 4 aliphatic rings. The lowest BCUT2D eigenvalue weighted by Crippen LogP contribution is -2.64. The predicted molar refractivity (Wildman–Crippen MR) is 221 cm³/mol. The van der Waals surface area contributed by atoms with Gasteiger partial charge in [0.15, 0.2) is 0 Å². The average molecular weight is 849 g/mol. The molecule has 14 unspecified atom stereocenters. The number of ketones is 2. The molecule has 60 heavy (non-hydrogen) atoms. The highest BCUT2D eigenvalue weighted by Crippen LogP contribution is 2.39. The maximum atomic E-state index is 14.4. The Balaban J connectivity index is 1.74. The summed E-state index contributed by atoms with van der Waals surface area (Å²) in [6, 6.07) is -1.16. The number of ether oxygens (including phenoxy) is 6. The molecule has 3 fully saturated rings. The lowest BCUT2D eigenvalue weighted by atomic mass is 9.81. The molecule has 0 radical (unpaired) electrons. The van der Waals surface area contributed by atoms with Crippen molar-refractivity contribution in [2.75, 3.05) is 34.5 Å². The third-order valence-corrected chi connectivity index (χ3v) is 13.3. The Morgan fingerprint density at radius 2 is 1.62 bits per heavy atom. The van der Waals surface area contributed by atoms with E-state index in [0.717, 1.165) is 5.57 Å². The van der Waals surface area contributed by atoms with Crippen molar-refractivity contribution in [3.05, 3.63) is 23.3 Å². The molecule has 4 N–H and O–H groups in total. The summed E-state index contributed by atoms with van der Waals surface area (Å²) in [5.74, 6) is -8.27. The number of rotatable bonds is 9. The third-order valence-electron chi connectivity index (χ3n) is 13.3. The second-order valence-corrected chi connectivity index (χ2v) is 17.9. The van der Waals surface area contributed by atoms with Crippen molar-refractivity contribution in [2.45, 2.75) is 167 Å². The van der Waals surface area contributed by atoms with E-state index in [9.17, 15) is 34.2 Å². The lowest BCUT2D eigenvalue weighted by molar-refractivity contribution is -0.302. The van der Waals surface area contributed by atoms with E-state index in [-0.39, 0.29) is 62.2 Å². The van der Waals surface area contributed by atoms with Crippen molar-refractivity contribution in [3.8, 4) is 0 Å². The normalized spacial score (nSPS) is 38.6. The number of hydrogen-bond donors (Lipinski definition) is 3. The van der Waals surface area contributed by atoms with Crippen molar-refractivity contribution >= 4 is 29.4 Å². The van der Waals surface area contributed by atoms with Gasteiger partial charge in [-0.1, -0.05) is 45.4 Å². The van der Waals surface area contributed by atoms with Gasteiger partial charge in [0, 0.05) is 52.0 Å². The van der Waals surface area contributed by atoms with Crippen molar-refractivity contribution in [1.82, 2.24) is 4.90 Å². The number of amides is 2. The molecule has 15 heteroatoms. The number of allylic oxidation sites excluding steroid dienone is 3. The van der Waals surface area contributed by atoms with Crippen LogP contribution in [0.3, 0.4) is 0 Å². The lowest BCUT2D eigenvalue weighted by Gasteiger charge is -2.47. The fourth-order valence-electron chi connectivity index (χ4n) is 9.75. The second-order valence-electron chi connectivity index (χ2n) is 17.9. The minimum absolute atomic E-state index is 0.0223. The smallest absolute Gasteiger partial charge is 0.329 e. The first kappa shape index (κ1) is 49.6. The summed E-state index contributed by atoms with van der Waals surface area (Å²) in [6.45, 7) is 11.0. The molecule has 4 rings (SSSR count). The molecule has 0 spiro atoms. The number of methoxy groups -OCH3 is 3. The van der Waals surface area contributed by atoms with Gasteiger partial charge in [0.25, 0.3) is 11.7 Å². The molecule has 0 aromatic carbocycles. The van der Waals surface area contributed by atoms with Crippen LogP contribution in [0, 0.1) is 29.6 Å². The van der Waals surface area contributed by atoms with Crippen LogP contribution in [0.25, 0.3) is 0 Å². The Hall–Kier alpha value is -3.05. The highest BCUT2D eigenvalue weighted by molar-refractivity contribution is 6.39. The van der Waals surface area contributed by atoms with E-state index < -0.39 is 83.7 Å². The quantitative estimate of drug-likeness (QED) is 0.171. The summed E-state index contributed by atoms with van der Waals surface area (Å²) >= 11 is 0. The third kappa shape index (κ3) is 12.1. The van der Waals surface area contributed by atoms with Crippen LogP contribution in [0.15, 0.2) is 23.3 Å². The molecule has 1 aliphatic carbocycles. The number of nitrogens with two attached hydrogens (primary N) is 1. The van der Waals surface area contributed by atoms with Gasteiger partial charge in [-0.25, -0.2) is 4.79 Å². The summed E-state index contributed by atoms with van der Waals surface area (Å²) in [5, 5.41) is 23.8. The Kier molecular flexibility index (Phi) is 18.5. The zero-order valence-corrected chi connectivity index (χ0v) is 37.3. The molecule has 340 valence electrons. The van der Waals surface area contributed by atoms with Crippen LogP contribution in [0.5, 0.6) is 0 Å². The van der Waals surface area contributed by atoms with Crippen molar-refractivity contribution in [2.24, 2.45) is 35.3 Å². The summed E-state index contributed by atoms with van der Waals surface area (Å²) in [4.78, 5) is 69.3. The van der Waals surface area contributed by atoms with Crippen molar-refractivity contribution in [3.63, 3.8) is 0 Å². The summed E-state index contributed by atoms with van der Waals surface area (Å²) in [6.07, 6.45) is 3.78. The molecule has 1 saturated carbocycles. The summed E-state index contributed by atoms with van der Waals surface area (Å²) < 4.78 is 35.7. The largest absolute Gasteiger partial charge is 0.456 e. The first-order valence-electron chi connectivity index (χ1n) is 21.9. The molecule has 0 aromatic heterocycles. The number of aliphatic hydroxyl groups is 2. The topological polar surface area (TPSA) is 210 Å². The van der Waals surface area contributed by atoms with Crippen LogP contribution in [0.4, 0.5) is 0 Å². The van der Waals surface area contributed by atoms with Crippen LogP contribution in [-0.2, 0) is 52.4 Å². The molecule has 3 aliphatic heterocycles.